The number of aliphatic hydroxyl groups is 1. The van der Waals surface area contributed by atoms with Gasteiger partial charge < -0.3 is 15.0 Å². The molecule has 0 saturated heterocycles. The second-order valence-corrected chi connectivity index (χ2v) is 4.64. The maximum atomic E-state index is 11.5. The summed E-state index contributed by atoms with van der Waals surface area (Å²) in [6.07, 6.45) is 0.867. The van der Waals surface area contributed by atoms with Gasteiger partial charge in [-0.2, -0.15) is 0 Å². The van der Waals surface area contributed by atoms with Gasteiger partial charge >= 0.3 is 0 Å². The molecule has 2 rings (SSSR count). The lowest BCUT2D eigenvalue weighted by Gasteiger charge is -2.05. The second kappa shape index (κ2) is 5.84. The van der Waals surface area contributed by atoms with Crippen molar-refractivity contribution in [3.05, 3.63) is 29.6 Å². The van der Waals surface area contributed by atoms with E-state index in [0.29, 0.717) is 19.4 Å². The summed E-state index contributed by atoms with van der Waals surface area (Å²) >= 11 is 0. The Balaban J connectivity index is 2.03. The van der Waals surface area contributed by atoms with Crippen LogP contribution in [0.25, 0.3) is 11.0 Å². The first-order chi connectivity index (χ1) is 9.11. The van der Waals surface area contributed by atoms with Crippen LogP contribution in [0.1, 0.15) is 24.2 Å². The number of fused-ring (bicyclic) bond motifs is 1. The number of benzene rings is 1. The van der Waals surface area contributed by atoms with Crippen LogP contribution in [0.15, 0.2) is 18.2 Å². The first kappa shape index (κ1) is 13.5. The number of carbonyl (C=O) groups excluding carboxylic acids is 1. The van der Waals surface area contributed by atoms with Crippen LogP contribution in [-0.4, -0.2) is 27.2 Å². The fraction of sp³-hybridized carbons (Fsp3) is 0.429. The molecule has 5 nitrogen and oxygen atoms in total. The van der Waals surface area contributed by atoms with Crippen LogP contribution in [0.5, 0.6) is 0 Å². The predicted octanol–water partition coefficient (Wildman–Crippen LogP) is 1.27. The van der Waals surface area contributed by atoms with E-state index >= 15 is 0 Å². The Bertz CT molecular complexity index is 590. The van der Waals surface area contributed by atoms with E-state index < -0.39 is 0 Å². The van der Waals surface area contributed by atoms with Gasteiger partial charge in [0.2, 0.25) is 5.91 Å². The van der Waals surface area contributed by atoms with Gasteiger partial charge in [0.25, 0.3) is 0 Å². The molecule has 0 fully saturated rings. The van der Waals surface area contributed by atoms with E-state index in [2.05, 4.69) is 10.3 Å². The molecule has 0 unspecified atom stereocenters. The number of hydrogen-bond donors (Lipinski definition) is 2. The summed E-state index contributed by atoms with van der Waals surface area (Å²) in [5.41, 5.74) is 3.07. The molecule has 1 heterocycles. The Morgan fingerprint density at radius 3 is 3.00 bits per heavy atom. The highest BCUT2D eigenvalue weighted by Crippen LogP contribution is 2.16. The van der Waals surface area contributed by atoms with E-state index in [1.54, 1.807) is 0 Å². The van der Waals surface area contributed by atoms with Crippen LogP contribution >= 0.6 is 0 Å². The summed E-state index contributed by atoms with van der Waals surface area (Å²) < 4.78 is 2.04. The minimum Gasteiger partial charge on any atom is -0.396 e. The van der Waals surface area contributed by atoms with Gasteiger partial charge in [0.05, 0.1) is 11.0 Å². The van der Waals surface area contributed by atoms with Crippen molar-refractivity contribution in [2.45, 2.75) is 26.3 Å². The van der Waals surface area contributed by atoms with Crippen molar-refractivity contribution in [1.82, 2.24) is 14.9 Å². The zero-order valence-corrected chi connectivity index (χ0v) is 11.3. The summed E-state index contributed by atoms with van der Waals surface area (Å²) in [6, 6.07) is 6.01. The van der Waals surface area contributed by atoms with E-state index in [1.165, 1.54) is 0 Å². The lowest BCUT2D eigenvalue weighted by molar-refractivity contribution is -0.121. The van der Waals surface area contributed by atoms with Crippen molar-refractivity contribution in [1.29, 1.82) is 0 Å². The summed E-state index contributed by atoms with van der Waals surface area (Å²) in [6.45, 7) is 2.51. The molecule has 0 aliphatic carbocycles. The number of nitrogens with zero attached hydrogens (tertiary/aromatic N) is 2. The van der Waals surface area contributed by atoms with Crippen LogP contribution in [-0.2, 0) is 18.4 Å². The summed E-state index contributed by atoms with van der Waals surface area (Å²) in [5.74, 6) is 0.936. The molecule has 0 bridgehead atoms. The standard InChI is InChI=1S/C14H19N3O2/c1-10-16-12-8-11(5-6-13(12)17(10)2)9-15-14(19)4-3-7-18/h5-6,8,18H,3-4,7,9H2,1-2H3,(H,15,19). The number of aryl methyl sites for hydroxylation is 2. The summed E-state index contributed by atoms with van der Waals surface area (Å²) in [5, 5.41) is 11.5. The van der Waals surface area contributed by atoms with Gasteiger partial charge in [-0.25, -0.2) is 4.98 Å². The molecule has 5 heteroatoms. The minimum atomic E-state index is -0.0358. The van der Waals surface area contributed by atoms with E-state index in [4.69, 9.17) is 5.11 Å². The second-order valence-electron chi connectivity index (χ2n) is 4.64. The largest absolute Gasteiger partial charge is 0.396 e. The third-order valence-corrected chi connectivity index (χ3v) is 3.22. The number of carbonyl (C=O) groups is 1. The molecule has 0 atom stereocenters. The number of nitrogens with one attached hydrogen (secondary N) is 1. The number of amides is 1. The molecule has 0 spiro atoms. The molecule has 19 heavy (non-hydrogen) atoms. The molecule has 0 aliphatic heterocycles. The van der Waals surface area contributed by atoms with Crippen molar-refractivity contribution in [2.75, 3.05) is 6.61 Å². The Hall–Kier alpha value is -1.88. The molecule has 2 N–H and O–H groups in total. The van der Waals surface area contributed by atoms with E-state index in [1.807, 2.05) is 36.7 Å². The number of imidazole rings is 1. The van der Waals surface area contributed by atoms with Crippen LogP contribution < -0.4 is 5.32 Å². The van der Waals surface area contributed by atoms with Gasteiger partial charge in [-0.1, -0.05) is 6.07 Å². The monoisotopic (exact) mass is 261 g/mol. The number of hydrogen-bond acceptors (Lipinski definition) is 3. The summed E-state index contributed by atoms with van der Waals surface area (Å²) in [7, 11) is 1.99. The summed E-state index contributed by atoms with van der Waals surface area (Å²) in [4.78, 5) is 15.9. The molecule has 1 aromatic carbocycles. The van der Waals surface area contributed by atoms with E-state index in [9.17, 15) is 4.79 Å². The molecule has 2 aromatic rings. The molecule has 0 aliphatic rings. The number of aliphatic hydroxyl groups excluding tert-OH is 1. The van der Waals surface area contributed by atoms with Gasteiger partial charge in [0.15, 0.2) is 0 Å². The molecular weight excluding hydrogens is 242 g/mol. The molecule has 1 aromatic heterocycles. The fourth-order valence-electron chi connectivity index (χ4n) is 2.00. The number of rotatable bonds is 5. The highest BCUT2D eigenvalue weighted by atomic mass is 16.3. The zero-order chi connectivity index (χ0) is 13.8. The van der Waals surface area contributed by atoms with Gasteiger partial charge in [-0.15, -0.1) is 0 Å². The number of aromatic nitrogens is 2. The van der Waals surface area contributed by atoms with Gasteiger partial charge in [0, 0.05) is 26.6 Å². The Labute approximate surface area is 112 Å². The van der Waals surface area contributed by atoms with Crippen LogP contribution in [0.2, 0.25) is 0 Å². The van der Waals surface area contributed by atoms with Crippen LogP contribution in [0, 0.1) is 6.92 Å². The average molecular weight is 261 g/mol. The average Bonchev–Trinajstić information content (AvgIpc) is 2.69. The van der Waals surface area contributed by atoms with Crippen molar-refractivity contribution < 1.29 is 9.90 Å². The topological polar surface area (TPSA) is 67.2 Å². The zero-order valence-electron chi connectivity index (χ0n) is 11.3. The Morgan fingerprint density at radius 1 is 1.47 bits per heavy atom. The molecule has 102 valence electrons. The fourth-order valence-corrected chi connectivity index (χ4v) is 2.00. The maximum absolute atomic E-state index is 11.5. The lowest BCUT2D eigenvalue weighted by Crippen LogP contribution is -2.22. The minimum absolute atomic E-state index is 0.0358. The highest BCUT2D eigenvalue weighted by molar-refractivity contribution is 5.78. The molecule has 0 saturated carbocycles. The predicted molar refractivity (Wildman–Crippen MR) is 73.6 cm³/mol. The van der Waals surface area contributed by atoms with Crippen LogP contribution in [0.3, 0.4) is 0 Å². The SMILES string of the molecule is Cc1nc2cc(CNC(=O)CCCO)ccc2n1C. The Kier molecular flexibility index (Phi) is 4.16. The lowest BCUT2D eigenvalue weighted by atomic mass is 10.2. The van der Waals surface area contributed by atoms with Crippen LogP contribution in [0.4, 0.5) is 0 Å². The quantitative estimate of drug-likeness (QED) is 0.851. The van der Waals surface area contributed by atoms with Crippen molar-refractivity contribution in [2.24, 2.45) is 7.05 Å². The smallest absolute Gasteiger partial charge is 0.220 e. The van der Waals surface area contributed by atoms with Gasteiger partial charge in [0.1, 0.15) is 5.82 Å². The van der Waals surface area contributed by atoms with E-state index in [0.717, 1.165) is 22.4 Å². The van der Waals surface area contributed by atoms with Gasteiger partial charge in [-0.05, 0) is 31.0 Å². The van der Waals surface area contributed by atoms with Crippen molar-refractivity contribution >= 4 is 16.9 Å². The normalized spacial score (nSPS) is 10.9. The third-order valence-electron chi connectivity index (χ3n) is 3.22. The first-order valence-corrected chi connectivity index (χ1v) is 6.41. The molecular formula is C14H19N3O2. The Morgan fingerprint density at radius 2 is 2.26 bits per heavy atom. The molecule has 0 radical (unpaired) electrons. The first-order valence-electron chi connectivity index (χ1n) is 6.41. The van der Waals surface area contributed by atoms with Crippen molar-refractivity contribution in [3.8, 4) is 0 Å². The van der Waals surface area contributed by atoms with Crippen molar-refractivity contribution in [3.63, 3.8) is 0 Å². The maximum Gasteiger partial charge on any atom is 0.220 e. The third kappa shape index (κ3) is 3.12. The highest BCUT2D eigenvalue weighted by Gasteiger charge is 2.06. The van der Waals surface area contributed by atoms with E-state index in [-0.39, 0.29) is 12.5 Å². The van der Waals surface area contributed by atoms with Gasteiger partial charge in [-0.3, -0.25) is 4.79 Å². The molecule has 1 amide bonds.